The molecule has 1 saturated heterocycles. The first-order valence-electron chi connectivity index (χ1n) is 6.44. The van der Waals surface area contributed by atoms with Gasteiger partial charge in [-0.2, -0.15) is 0 Å². The first-order chi connectivity index (χ1) is 9.91. The molecule has 0 aromatic heterocycles. The predicted octanol–water partition coefficient (Wildman–Crippen LogP) is 1.47. The van der Waals surface area contributed by atoms with Gasteiger partial charge in [-0.05, 0) is 28.7 Å². The Kier molecular flexibility index (Phi) is 5.12. The van der Waals surface area contributed by atoms with E-state index in [1.165, 1.54) is 18.2 Å². The van der Waals surface area contributed by atoms with Crippen LogP contribution < -0.4 is 5.32 Å². The Morgan fingerprint density at radius 1 is 1.48 bits per heavy atom. The highest BCUT2D eigenvalue weighted by Crippen LogP contribution is 2.21. The molecule has 21 heavy (non-hydrogen) atoms. The van der Waals surface area contributed by atoms with Crippen molar-refractivity contribution in [2.45, 2.75) is 18.4 Å². The van der Waals surface area contributed by atoms with Crippen LogP contribution in [0.3, 0.4) is 0 Å². The molecule has 2 rings (SSSR count). The number of carbonyl (C=O) groups is 1. The largest absolute Gasteiger partial charge is 0.388 e. The fourth-order valence-electron chi connectivity index (χ4n) is 2.07. The van der Waals surface area contributed by atoms with Gasteiger partial charge in [0.2, 0.25) is 0 Å². The second-order valence-electron chi connectivity index (χ2n) is 4.94. The summed E-state index contributed by atoms with van der Waals surface area (Å²) in [7, 11) is 0. The highest BCUT2D eigenvalue weighted by Gasteiger charge is 2.30. The molecule has 2 N–H and O–H groups in total. The molecule has 114 valence electrons. The lowest BCUT2D eigenvalue weighted by Gasteiger charge is -2.32. The molecule has 0 spiro atoms. The Morgan fingerprint density at radius 3 is 2.76 bits per heavy atom. The Balaban J connectivity index is 2.06. The quantitative estimate of drug-likeness (QED) is 0.448. The van der Waals surface area contributed by atoms with Crippen molar-refractivity contribution in [3.63, 3.8) is 0 Å². The van der Waals surface area contributed by atoms with E-state index < -0.39 is 16.4 Å². The minimum absolute atomic E-state index is 0.105. The second-order valence-corrected chi connectivity index (χ2v) is 6.10. The number of hydrogen-bond donors (Lipinski definition) is 2. The summed E-state index contributed by atoms with van der Waals surface area (Å²) < 4.78 is 5.79. The van der Waals surface area contributed by atoms with Crippen LogP contribution in [0.4, 0.5) is 5.69 Å². The molecule has 0 unspecified atom stereocenters. The second kappa shape index (κ2) is 6.67. The van der Waals surface area contributed by atoms with Crippen LogP contribution in [-0.4, -0.2) is 41.3 Å². The molecule has 8 heteroatoms. The van der Waals surface area contributed by atoms with Crippen LogP contribution in [0.25, 0.3) is 0 Å². The summed E-state index contributed by atoms with van der Waals surface area (Å²) >= 11 is 1.95. The summed E-state index contributed by atoms with van der Waals surface area (Å²) in [5.74, 6) is -0.428. The number of nitrogens with one attached hydrogen (secondary N) is 1. The minimum Gasteiger partial charge on any atom is -0.388 e. The number of rotatable bonds is 4. The zero-order valence-corrected chi connectivity index (χ0v) is 13.3. The molecular weight excluding hydrogens is 391 g/mol. The van der Waals surface area contributed by atoms with E-state index in [0.29, 0.717) is 29.6 Å². The van der Waals surface area contributed by atoms with E-state index in [1.807, 2.05) is 22.6 Å². The lowest BCUT2D eigenvalue weighted by molar-refractivity contribution is -0.384. The van der Waals surface area contributed by atoms with E-state index in [-0.39, 0.29) is 17.8 Å². The first-order valence-corrected chi connectivity index (χ1v) is 7.51. The normalized spacial score (nSPS) is 17.2. The fraction of sp³-hybridized carbons (Fsp3) is 0.462. The topological polar surface area (TPSA) is 102 Å². The molecule has 0 radical (unpaired) electrons. The smallest absolute Gasteiger partial charge is 0.270 e. The van der Waals surface area contributed by atoms with E-state index in [2.05, 4.69) is 5.32 Å². The number of aliphatic hydroxyl groups is 1. The molecule has 1 amide bonds. The molecule has 1 aliphatic heterocycles. The number of nitro groups is 1. The van der Waals surface area contributed by atoms with E-state index in [9.17, 15) is 20.0 Å². The van der Waals surface area contributed by atoms with E-state index >= 15 is 0 Å². The van der Waals surface area contributed by atoms with Crippen molar-refractivity contribution in [3.8, 4) is 0 Å². The van der Waals surface area contributed by atoms with E-state index in [1.54, 1.807) is 0 Å². The van der Waals surface area contributed by atoms with Crippen molar-refractivity contribution >= 4 is 34.2 Å². The van der Waals surface area contributed by atoms with Gasteiger partial charge >= 0.3 is 0 Å². The van der Waals surface area contributed by atoms with Gasteiger partial charge < -0.3 is 15.2 Å². The number of halogens is 1. The Morgan fingerprint density at radius 2 is 2.14 bits per heavy atom. The third kappa shape index (κ3) is 4.11. The molecule has 1 aromatic rings. The Bertz CT molecular complexity index is 557. The molecular formula is C13H15IN2O5. The summed E-state index contributed by atoms with van der Waals surface area (Å²) in [6.07, 6.45) is 0.915. The van der Waals surface area contributed by atoms with Gasteiger partial charge in [0.1, 0.15) is 0 Å². The third-order valence-electron chi connectivity index (χ3n) is 3.41. The van der Waals surface area contributed by atoms with Gasteiger partial charge in [-0.3, -0.25) is 14.9 Å². The maximum absolute atomic E-state index is 12.1. The number of benzene rings is 1. The molecule has 7 nitrogen and oxygen atoms in total. The first kappa shape index (κ1) is 16.1. The molecule has 0 aliphatic carbocycles. The standard InChI is InChI=1S/C13H15IN2O5/c14-11-2-1-9(16(19)20)7-10(11)12(17)15-8-13(18)3-5-21-6-4-13/h1-2,7,18H,3-6,8H2,(H,15,17). The summed E-state index contributed by atoms with van der Waals surface area (Å²) in [5.41, 5.74) is -0.870. The Hall–Kier alpha value is -1.26. The fourth-order valence-corrected chi connectivity index (χ4v) is 2.65. The van der Waals surface area contributed by atoms with Crippen LogP contribution in [0.2, 0.25) is 0 Å². The van der Waals surface area contributed by atoms with Gasteiger partial charge in [-0.1, -0.05) is 0 Å². The van der Waals surface area contributed by atoms with E-state index in [0.717, 1.165) is 0 Å². The molecule has 1 aliphatic rings. The number of amides is 1. The van der Waals surface area contributed by atoms with Gasteiger partial charge in [0.15, 0.2) is 0 Å². The number of nitrogens with zero attached hydrogens (tertiary/aromatic N) is 1. The average molecular weight is 406 g/mol. The Labute approximate surface area is 135 Å². The lowest BCUT2D eigenvalue weighted by atomic mass is 9.94. The lowest BCUT2D eigenvalue weighted by Crippen LogP contribution is -2.46. The van der Waals surface area contributed by atoms with Crippen LogP contribution in [0.5, 0.6) is 0 Å². The van der Waals surface area contributed by atoms with Crippen molar-refractivity contribution in [2.24, 2.45) is 0 Å². The van der Waals surface area contributed by atoms with Crippen molar-refractivity contribution in [3.05, 3.63) is 37.4 Å². The zero-order chi connectivity index (χ0) is 15.5. The van der Waals surface area contributed by atoms with Crippen LogP contribution in [0.1, 0.15) is 23.2 Å². The monoisotopic (exact) mass is 406 g/mol. The van der Waals surface area contributed by atoms with Gasteiger partial charge in [0, 0.05) is 48.3 Å². The summed E-state index contributed by atoms with van der Waals surface area (Å²) in [4.78, 5) is 22.4. The SMILES string of the molecule is O=C(NCC1(O)CCOCC1)c1cc([N+](=O)[O-])ccc1I. The summed E-state index contributed by atoms with van der Waals surface area (Å²) in [6.45, 7) is 1.02. The maximum atomic E-state index is 12.1. The van der Waals surface area contributed by atoms with Gasteiger partial charge in [0.25, 0.3) is 11.6 Å². The van der Waals surface area contributed by atoms with Crippen molar-refractivity contribution in [1.29, 1.82) is 0 Å². The highest BCUT2D eigenvalue weighted by molar-refractivity contribution is 14.1. The zero-order valence-electron chi connectivity index (χ0n) is 11.2. The molecule has 0 atom stereocenters. The van der Waals surface area contributed by atoms with Crippen LogP contribution in [-0.2, 0) is 4.74 Å². The number of carbonyl (C=O) groups excluding carboxylic acids is 1. The van der Waals surface area contributed by atoms with Gasteiger partial charge in [-0.15, -0.1) is 0 Å². The van der Waals surface area contributed by atoms with Crippen molar-refractivity contribution in [1.82, 2.24) is 5.32 Å². The van der Waals surface area contributed by atoms with Crippen molar-refractivity contribution in [2.75, 3.05) is 19.8 Å². The van der Waals surface area contributed by atoms with E-state index in [4.69, 9.17) is 4.74 Å². The maximum Gasteiger partial charge on any atom is 0.270 e. The number of hydrogen-bond acceptors (Lipinski definition) is 5. The van der Waals surface area contributed by atoms with Gasteiger partial charge in [0.05, 0.1) is 16.1 Å². The number of non-ortho nitro benzene ring substituents is 1. The van der Waals surface area contributed by atoms with Crippen LogP contribution in [0, 0.1) is 13.7 Å². The number of ether oxygens (including phenoxy) is 1. The summed E-state index contributed by atoms with van der Waals surface area (Å²) in [6, 6.07) is 4.12. The van der Waals surface area contributed by atoms with Gasteiger partial charge in [-0.25, -0.2) is 0 Å². The molecule has 1 aromatic carbocycles. The molecule has 1 heterocycles. The predicted molar refractivity (Wildman–Crippen MR) is 83.1 cm³/mol. The molecule has 0 saturated carbocycles. The van der Waals surface area contributed by atoms with Crippen molar-refractivity contribution < 1.29 is 19.6 Å². The molecule has 0 bridgehead atoms. The summed E-state index contributed by atoms with van der Waals surface area (Å²) in [5, 5.41) is 23.7. The average Bonchev–Trinajstić information content (AvgIpc) is 2.46. The van der Waals surface area contributed by atoms with Crippen LogP contribution in [0.15, 0.2) is 18.2 Å². The third-order valence-corrected chi connectivity index (χ3v) is 4.35. The number of nitro benzene ring substituents is 1. The highest BCUT2D eigenvalue weighted by atomic mass is 127. The van der Waals surface area contributed by atoms with Crippen LogP contribution >= 0.6 is 22.6 Å². The minimum atomic E-state index is -0.972. The molecule has 1 fully saturated rings.